The van der Waals surface area contributed by atoms with Crippen molar-refractivity contribution in [3.05, 3.63) is 46.1 Å². The Morgan fingerprint density at radius 1 is 1.39 bits per heavy atom. The SMILES string of the molecule is Cc1cc(NC(=O)CCc2ccc(C)c(Cl)c2)n(CCC#N)n1. The van der Waals surface area contributed by atoms with Crippen LogP contribution in [0.15, 0.2) is 24.3 Å². The number of halogens is 1. The Morgan fingerprint density at radius 2 is 2.17 bits per heavy atom. The molecule has 0 saturated carbocycles. The predicted molar refractivity (Wildman–Crippen MR) is 90.3 cm³/mol. The number of benzene rings is 1. The summed E-state index contributed by atoms with van der Waals surface area (Å²) < 4.78 is 1.65. The zero-order chi connectivity index (χ0) is 16.8. The summed E-state index contributed by atoms with van der Waals surface area (Å²) >= 11 is 6.09. The van der Waals surface area contributed by atoms with E-state index in [1.807, 2.05) is 32.0 Å². The van der Waals surface area contributed by atoms with E-state index in [1.54, 1.807) is 10.7 Å². The molecule has 2 aromatic rings. The third-order valence-corrected chi connectivity index (χ3v) is 3.89. The second kappa shape index (κ2) is 7.80. The molecule has 1 amide bonds. The molecule has 0 unspecified atom stereocenters. The lowest BCUT2D eigenvalue weighted by atomic mass is 10.1. The molecule has 6 heteroatoms. The van der Waals surface area contributed by atoms with Gasteiger partial charge in [-0.05, 0) is 37.5 Å². The van der Waals surface area contributed by atoms with Crippen molar-refractivity contribution >= 4 is 23.3 Å². The maximum absolute atomic E-state index is 12.1. The van der Waals surface area contributed by atoms with Crippen LogP contribution >= 0.6 is 11.6 Å². The Morgan fingerprint density at radius 3 is 2.87 bits per heavy atom. The first-order chi connectivity index (χ1) is 11.0. The molecule has 0 atom stereocenters. The molecule has 1 heterocycles. The van der Waals surface area contributed by atoms with Gasteiger partial charge in [-0.3, -0.25) is 4.79 Å². The summed E-state index contributed by atoms with van der Waals surface area (Å²) in [4.78, 5) is 12.1. The van der Waals surface area contributed by atoms with E-state index < -0.39 is 0 Å². The molecule has 0 aliphatic carbocycles. The van der Waals surface area contributed by atoms with Gasteiger partial charge in [0.15, 0.2) is 0 Å². The lowest BCUT2D eigenvalue weighted by molar-refractivity contribution is -0.116. The quantitative estimate of drug-likeness (QED) is 0.879. The Kier molecular flexibility index (Phi) is 5.78. The highest BCUT2D eigenvalue weighted by atomic mass is 35.5. The van der Waals surface area contributed by atoms with E-state index in [1.165, 1.54) is 0 Å². The van der Waals surface area contributed by atoms with Gasteiger partial charge < -0.3 is 5.32 Å². The van der Waals surface area contributed by atoms with Crippen LogP contribution in [0.5, 0.6) is 0 Å². The standard InChI is InChI=1S/C17H19ClN4O/c1-12-4-5-14(11-15(12)18)6-7-17(23)20-16-10-13(2)21-22(16)9-3-8-19/h4-5,10-11H,3,6-7,9H2,1-2H3,(H,20,23). The number of carbonyl (C=O) groups is 1. The number of aromatic nitrogens is 2. The molecule has 0 aliphatic rings. The third kappa shape index (κ3) is 4.83. The van der Waals surface area contributed by atoms with Crippen LogP contribution in [0.4, 0.5) is 5.82 Å². The molecule has 0 saturated heterocycles. The number of hydrogen-bond donors (Lipinski definition) is 1. The predicted octanol–water partition coefficient (Wildman–Crippen LogP) is 3.64. The first kappa shape index (κ1) is 17.0. The van der Waals surface area contributed by atoms with Crippen molar-refractivity contribution in [2.75, 3.05) is 5.32 Å². The average molecular weight is 331 g/mol. The number of nitrogens with zero attached hydrogens (tertiary/aromatic N) is 3. The van der Waals surface area contributed by atoms with Crippen molar-refractivity contribution in [3.63, 3.8) is 0 Å². The van der Waals surface area contributed by atoms with Gasteiger partial charge in [0.2, 0.25) is 5.91 Å². The van der Waals surface area contributed by atoms with Crippen LogP contribution in [0, 0.1) is 25.2 Å². The minimum absolute atomic E-state index is 0.0835. The van der Waals surface area contributed by atoms with Crippen LogP contribution in [0.1, 0.15) is 29.7 Å². The molecule has 0 fully saturated rings. The lowest BCUT2D eigenvalue weighted by Crippen LogP contribution is -2.16. The molecular formula is C17H19ClN4O. The Hall–Kier alpha value is -2.32. The van der Waals surface area contributed by atoms with Gasteiger partial charge in [0.1, 0.15) is 5.82 Å². The molecular weight excluding hydrogens is 312 g/mol. The summed E-state index contributed by atoms with van der Waals surface area (Å²) in [5, 5.41) is 16.5. The summed E-state index contributed by atoms with van der Waals surface area (Å²) in [5.74, 6) is 0.546. The average Bonchev–Trinajstić information content (AvgIpc) is 2.86. The first-order valence-electron chi connectivity index (χ1n) is 7.46. The van der Waals surface area contributed by atoms with Crippen molar-refractivity contribution in [3.8, 4) is 6.07 Å². The van der Waals surface area contributed by atoms with Crippen LogP contribution in [-0.4, -0.2) is 15.7 Å². The molecule has 5 nitrogen and oxygen atoms in total. The van der Waals surface area contributed by atoms with E-state index in [0.717, 1.165) is 16.8 Å². The van der Waals surface area contributed by atoms with E-state index in [2.05, 4.69) is 16.5 Å². The van der Waals surface area contributed by atoms with Crippen LogP contribution in [0.3, 0.4) is 0 Å². The van der Waals surface area contributed by atoms with Crippen molar-refractivity contribution < 1.29 is 4.79 Å². The highest BCUT2D eigenvalue weighted by Crippen LogP contribution is 2.18. The number of anilines is 1. The fourth-order valence-electron chi connectivity index (χ4n) is 2.23. The molecule has 23 heavy (non-hydrogen) atoms. The van der Waals surface area contributed by atoms with E-state index in [-0.39, 0.29) is 5.91 Å². The number of amides is 1. The normalized spacial score (nSPS) is 10.3. The van der Waals surface area contributed by atoms with Gasteiger partial charge in [-0.25, -0.2) is 4.68 Å². The highest BCUT2D eigenvalue weighted by Gasteiger charge is 2.10. The zero-order valence-corrected chi connectivity index (χ0v) is 14.0. The number of aryl methyl sites for hydroxylation is 4. The van der Waals surface area contributed by atoms with Gasteiger partial charge in [0, 0.05) is 17.5 Å². The topological polar surface area (TPSA) is 70.7 Å². The molecule has 1 N–H and O–H groups in total. The minimum Gasteiger partial charge on any atom is -0.311 e. The zero-order valence-electron chi connectivity index (χ0n) is 13.3. The second-order valence-corrected chi connectivity index (χ2v) is 5.84. The third-order valence-electron chi connectivity index (χ3n) is 3.48. The van der Waals surface area contributed by atoms with E-state index in [0.29, 0.717) is 36.6 Å². The molecule has 1 aromatic carbocycles. The van der Waals surface area contributed by atoms with Gasteiger partial charge in [-0.1, -0.05) is 23.7 Å². The van der Waals surface area contributed by atoms with Crippen molar-refractivity contribution in [1.82, 2.24) is 9.78 Å². The van der Waals surface area contributed by atoms with E-state index in [9.17, 15) is 4.79 Å². The van der Waals surface area contributed by atoms with Crippen molar-refractivity contribution in [2.45, 2.75) is 39.7 Å². The summed E-state index contributed by atoms with van der Waals surface area (Å²) in [6.45, 7) is 4.27. The first-order valence-corrected chi connectivity index (χ1v) is 7.83. The molecule has 0 bridgehead atoms. The largest absolute Gasteiger partial charge is 0.311 e. The van der Waals surface area contributed by atoms with Gasteiger partial charge in [0.05, 0.1) is 24.7 Å². The second-order valence-electron chi connectivity index (χ2n) is 5.43. The number of carbonyl (C=O) groups excluding carboxylic acids is 1. The Bertz CT molecular complexity index is 746. The maximum Gasteiger partial charge on any atom is 0.225 e. The number of nitriles is 1. The molecule has 1 aromatic heterocycles. The van der Waals surface area contributed by atoms with Crippen LogP contribution < -0.4 is 5.32 Å². The Labute approximate surface area is 140 Å². The molecule has 120 valence electrons. The van der Waals surface area contributed by atoms with Crippen LogP contribution in [-0.2, 0) is 17.8 Å². The van der Waals surface area contributed by atoms with Crippen LogP contribution in [0.2, 0.25) is 5.02 Å². The van der Waals surface area contributed by atoms with Crippen LogP contribution in [0.25, 0.3) is 0 Å². The smallest absolute Gasteiger partial charge is 0.225 e. The van der Waals surface area contributed by atoms with Crippen molar-refractivity contribution in [2.24, 2.45) is 0 Å². The van der Waals surface area contributed by atoms with Gasteiger partial charge >= 0.3 is 0 Å². The fraction of sp³-hybridized carbons (Fsp3) is 0.353. The number of nitrogens with one attached hydrogen (secondary N) is 1. The summed E-state index contributed by atoms with van der Waals surface area (Å²) in [7, 11) is 0. The van der Waals surface area contributed by atoms with Gasteiger partial charge in [-0.2, -0.15) is 10.4 Å². The molecule has 0 aliphatic heterocycles. The summed E-state index contributed by atoms with van der Waals surface area (Å²) in [6.07, 6.45) is 1.34. The highest BCUT2D eigenvalue weighted by molar-refractivity contribution is 6.31. The molecule has 2 rings (SSSR count). The Balaban J connectivity index is 1.94. The van der Waals surface area contributed by atoms with E-state index in [4.69, 9.17) is 16.9 Å². The van der Waals surface area contributed by atoms with E-state index >= 15 is 0 Å². The lowest BCUT2D eigenvalue weighted by Gasteiger charge is -2.08. The number of hydrogen-bond acceptors (Lipinski definition) is 3. The maximum atomic E-state index is 12.1. The fourth-order valence-corrected chi connectivity index (χ4v) is 2.43. The number of rotatable bonds is 6. The minimum atomic E-state index is -0.0835. The van der Waals surface area contributed by atoms with Gasteiger partial charge in [-0.15, -0.1) is 0 Å². The monoisotopic (exact) mass is 330 g/mol. The van der Waals surface area contributed by atoms with Crippen molar-refractivity contribution in [1.29, 1.82) is 5.26 Å². The summed E-state index contributed by atoms with van der Waals surface area (Å²) in [6, 6.07) is 9.71. The molecule has 0 radical (unpaired) electrons. The summed E-state index contributed by atoms with van der Waals surface area (Å²) in [5.41, 5.74) is 2.87. The molecule has 0 spiro atoms. The van der Waals surface area contributed by atoms with Gasteiger partial charge in [0.25, 0.3) is 0 Å².